The van der Waals surface area contributed by atoms with Crippen molar-refractivity contribution in [1.82, 2.24) is 9.29 Å². The molecule has 6 nitrogen and oxygen atoms in total. The van der Waals surface area contributed by atoms with Crippen molar-refractivity contribution in [2.45, 2.75) is 24.7 Å². The Morgan fingerprint density at radius 3 is 2.72 bits per heavy atom. The average molecular weight is 359 g/mol. The summed E-state index contributed by atoms with van der Waals surface area (Å²) in [6, 6.07) is 12.0. The van der Waals surface area contributed by atoms with E-state index in [1.807, 2.05) is 13.0 Å². The van der Waals surface area contributed by atoms with Gasteiger partial charge in [-0.2, -0.15) is 4.31 Å². The first-order chi connectivity index (χ1) is 12.0. The van der Waals surface area contributed by atoms with E-state index < -0.39 is 10.0 Å². The van der Waals surface area contributed by atoms with Crippen LogP contribution in [0.25, 0.3) is 0 Å². The number of nitrogens with one attached hydrogen (secondary N) is 1. The van der Waals surface area contributed by atoms with Crippen LogP contribution in [0.15, 0.2) is 53.6 Å². The molecule has 1 unspecified atom stereocenters. The quantitative estimate of drug-likeness (QED) is 0.909. The first-order valence-electron chi connectivity index (χ1n) is 8.25. The molecule has 1 aliphatic rings. The number of hydrogen-bond donors (Lipinski definition) is 1. The Hall–Kier alpha value is -2.25. The molecule has 1 atom stereocenters. The van der Waals surface area contributed by atoms with Gasteiger partial charge in [-0.05, 0) is 49.6 Å². The van der Waals surface area contributed by atoms with Gasteiger partial charge < -0.3 is 5.32 Å². The molecule has 1 saturated heterocycles. The highest BCUT2D eigenvalue weighted by Gasteiger charge is 2.33. The van der Waals surface area contributed by atoms with E-state index in [-0.39, 0.29) is 23.3 Å². The zero-order valence-corrected chi connectivity index (χ0v) is 14.9. The third kappa shape index (κ3) is 4.05. The van der Waals surface area contributed by atoms with Gasteiger partial charge in [0.05, 0.1) is 10.8 Å². The Morgan fingerprint density at radius 2 is 2.00 bits per heavy atom. The molecular weight excluding hydrogens is 338 g/mol. The highest BCUT2D eigenvalue weighted by Crippen LogP contribution is 2.24. The van der Waals surface area contributed by atoms with E-state index in [0.717, 1.165) is 5.56 Å². The van der Waals surface area contributed by atoms with Crippen LogP contribution in [0.4, 0.5) is 5.82 Å². The Kier molecular flexibility index (Phi) is 5.15. The summed E-state index contributed by atoms with van der Waals surface area (Å²) in [5, 5.41) is 2.79. The Labute approximate surface area is 147 Å². The number of benzene rings is 1. The minimum atomic E-state index is -3.57. The number of carbonyl (C=O) groups is 1. The number of sulfonamides is 1. The molecule has 1 aromatic heterocycles. The highest BCUT2D eigenvalue weighted by atomic mass is 32.2. The predicted molar refractivity (Wildman–Crippen MR) is 95.5 cm³/mol. The number of aromatic nitrogens is 1. The zero-order valence-electron chi connectivity index (χ0n) is 14.1. The standard InChI is InChI=1S/C18H21N3O3S/c1-14-9-10-19-17(12-14)20-18(22)15-6-5-11-21(13-15)25(23,24)16-7-3-2-4-8-16/h2-4,7-10,12,15H,5-6,11,13H2,1H3,(H,19,20,22). The molecule has 1 aliphatic heterocycles. The van der Waals surface area contributed by atoms with E-state index in [1.165, 1.54) is 4.31 Å². The monoisotopic (exact) mass is 359 g/mol. The number of nitrogens with zero attached hydrogens (tertiary/aromatic N) is 2. The van der Waals surface area contributed by atoms with Gasteiger partial charge in [0, 0.05) is 19.3 Å². The molecule has 2 heterocycles. The molecule has 1 aromatic carbocycles. The first-order valence-corrected chi connectivity index (χ1v) is 9.69. The van der Waals surface area contributed by atoms with Crippen LogP contribution in [0, 0.1) is 12.8 Å². The van der Waals surface area contributed by atoms with Gasteiger partial charge in [-0.3, -0.25) is 4.79 Å². The first kappa shape index (κ1) is 17.6. The van der Waals surface area contributed by atoms with Gasteiger partial charge in [-0.15, -0.1) is 0 Å². The third-order valence-electron chi connectivity index (χ3n) is 4.30. The number of amides is 1. The number of carbonyl (C=O) groups excluding carboxylic acids is 1. The van der Waals surface area contributed by atoms with Gasteiger partial charge in [-0.25, -0.2) is 13.4 Å². The molecule has 0 saturated carbocycles. The smallest absolute Gasteiger partial charge is 0.243 e. The number of hydrogen-bond acceptors (Lipinski definition) is 4. The molecular formula is C18H21N3O3S. The number of aryl methyl sites for hydroxylation is 1. The van der Waals surface area contributed by atoms with Crippen LogP contribution in [0.3, 0.4) is 0 Å². The molecule has 25 heavy (non-hydrogen) atoms. The largest absolute Gasteiger partial charge is 0.310 e. The predicted octanol–water partition coefficient (Wildman–Crippen LogP) is 2.43. The van der Waals surface area contributed by atoms with E-state index in [4.69, 9.17) is 0 Å². The van der Waals surface area contributed by atoms with E-state index in [9.17, 15) is 13.2 Å². The van der Waals surface area contributed by atoms with Crippen molar-refractivity contribution in [3.05, 3.63) is 54.2 Å². The number of pyridine rings is 1. The van der Waals surface area contributed by atoms with Crippen molar-refractivity contribution in [1.29, 1.82) is 0 Å². The number of rotatable bonds is 4. The third-order valence-corrected chi connectivity index (χ3v) is 6.18. The van der Waals surface area contributed by atoms with Crippen molar-refractivity contribution >= 4 is 21.7 Å². The summed E-state index contributed by atoms with van der Waals surface area (Å²) in [7, 11) is -3.57. The molecule has 0 bridgehead atoms. The van der Waals surface area contributed by atoms with Crippen molar-refractivity contribution in [3.8, 4) is 0 Å². The molecule has 2 aromatic rings. The van der Waals surface area contributed by atoms with Gasteiger partial charge in [-0.1, -0.05) is 18.2 Å². The van der Waals surface area contributed by atoms with E-state index in [0.29, 0.717) is 25.2 Å². The van der Waals surface area contributed by atoms with Crippen LogP contribution >= 0.6 is 0 Å². The second-order valence-corrected chi connectivity index (χ2v) is 8.16. The maximum atomic E-state index is 12.7. The van der Waals surface area contributed by atoms with Crippen LogP contribution in [0.1, 0.15) is 18.4 Å². The van der Waals surface area contributed by atoms with Crippen LogP contribution in [-0.2, 0) is 14.8 Å². The maximum Gasteiger partial charge on any atom is 0.243 e. The fourth-order valence-electron chi connectivity index (χ4n) is 2.95. The van der Waals surface area contributed by atoms with Gasteiger partial charge in [0.25, 0.3) is 0 Å². The van der Waals surface area contributed by atoms with E-state index in [1.54, 1.807) is 42.6 Å². The lowest BCUT2D eigenvalue weighted by molar-refractivity contribution is -0.120. The highest BCUT2D eigenvalue weighted by molar-refractivity contribution is 7.89. The SMILES string of the molecule is Cc1ccnc(NC(=O)C2CCCN(S(=O)(=O)c3ccccc3)C2)c1. The zero-order chi connectivity index (χ0) is 17.9. The Balaban J connectivity index is 1.71. The second kappa shape index (κ2) is 7.33. The molecule has 132 valence electrons. The molecule has 0 aliphatic carbocycles. The normalized spacial score (nSPS) is 18.7. The van der Waals surface area contributed by atoms with Crippen LogP contribution < -0.4 is 5.32 Å². The summed E-state index contributed by atoms with van der Waals surface area (Å²) in [6.45, 7) is 2.55. The van der Waals surface area contributed by atoms with Crippen LogP contribution in [-0.4, -0.2) is 36.7 Å². The minimum absolute atomic E-state index is 0.189. The second-order valence-electron chi connectivity index (χ2n) is 6.22. The van der Waals surface area contributed by atoms with Gasteiger partial charge in [0.2, 0.25) is 15.9 Å². The number of anilines is 1. The molecule has 0 radical (unpaired) electrons. The van der Waals surface area contributed by atoms with E-state index >= 15 is 0 Å². The maximum absolute atomic E-state index is 12.7. The fourth-order valence-corrected chi connectivity index (χ4v) is 4.49. The van der Waals surface area contributed by atoms with Crippen molar-refractivity contribution in [2.24, 2.45) is 5.92 Å². The van der Waals surface area contributed by atoms with E-state index in [2.05, 4.69) is 10.3 Å². The molecule has 7 heteroatoms. The van der Waals surface area contributed by atoms with Crippen LogP contribution in [0.5, 0.6) is 0 Å². The fraction of sp³-hybridized carbons (Fsp3) is 0.333. The van der Waals surface area contributed by atoms with Crippen LogP contribution in [0.2, 0.25) is 0 Å². The summed E-state index contributed by atoms with van der Waals surface area (Å²) < 4.78 is 26.9. The van der Waals surface area contributed by atoms with Gasteiger partial charge in [0.1, 0.15) is 5.82 Å². The lowest BCUT2D eigenvalue weighted by Gasteiger charge is -2.31. The molecule has 3 rings (SSSR count). The minimum Gasteiger partial charge on any atom is -0.310 e. The lowest BCUT2D eigenvalue weighted by Crippen LogP contribution is -2.43. The van der Waals surface area contributed by atoms with Gasteiger partial charge >= 0.3 is 0 Å². The summed E-state index contributed by atoms with van der Waals surface area (Å²) in [5.74, 6) is -0.0753. The van der Waals surface area contributed by atoms with Crippen molar-refractivity contribution in [2.75, 3.05) is 18.4 Å². The molecule has 1 amide bonds. The molecule has 0 spiro atoms. The molecule has 1 N–H and O–H groups in total. The Morgan fingerprint density at radius 1 is 1.24 bits per heavy atom. The molecule has 1 fully saturated rings. The summed E-state index contributed by atoms with van der Waals surface area (Å²) in [6.07, 6.45) is 2.96. The summed E-state index contributed by atoms with van der Waals surface area (Å²) >= 11 is 0. The summed E-state index contributed by atoms with van der Waals surface area (Å²) in [4.78, 5) is 16.9. The average Bonchev–Trinajstić information content (AvgIpc) is 2.62. The van der Waals surface area contributed by atoms with Crippen molar-refractivity contribution < 1.29 is 13.2 Å². The van der Waals surface area contributed by atoms with Crippen molar-refractivity contribution in [3.63, 3.8) is 0 Å². The number of piperidine rings is 1. The lowest BCUT2D eigenvalue weighted by atomic mass is 9.99. The topological polar surface area (TPSA) is 79.4 Å². The summed E-state index contributed by atoms with van der Waals surface area (Å²) in [5.41, 5.74) is 1.00. The Bertz CT molecular complexity index is 853. The van der Waals surface area contributed by atoms with Gasteiger partial charge in [0.15, 0.2) is 0 Å².